The number of rotatable bonds is 5. The Kier molecular flexibility index (Phi) is 6.46. The van der Waals surface area contributed by atoms with Crippen LogP contribution in [0.2, 0.25) is 5.02 Å². The third-order valence-corrected chi connectivity index (χ3v) is 5.69. The van der Waals surface area contributed by atoms with E-state index in [-0.39, 0.29) is 15.5 Å². The number of hydrogen-bond donors (Lipinski definition) is 2. The van der Waals surface area contributed by atoms with Crippen molar-refractivity contribution < 1.29 is 26.4 Å². The Labute approximate surface area is 163 Å². The molecule has 0 saturated carbocycles. The molecule has 146 valence electrons. The van der Waals surface area contributed by atoms with Crippen LogP contribution in [0.15, 0.2) is 52.3 Å². The third kappa shape index (κ3) is 5.86. The van der Waals surface area contributed by atoms with Crippen LogP contribution < -0.4 is 10.5 Å². The molecule has 0 aliphatic heterocycles. The molecule has 0 aliphatic rings. The van der Waals surface area contributed by atoms with E-state index in [2.05, 4.69) is 5.32 Å². The summed E-state index contributed by atoms with van der Waals surface area (Å²) in [6.07, 6.45) is -4.60. The van der Waals surface area contributed by atoms with Crippen molar-refractivity contribution in [3.8, 4) is 0 Å². The van der Waals surface area contributed by atoms with Gasteiger partial charge < -0.3 is 5.32 Å². The van der Waals surface area contributed by atoms with E-state index in [1.54, 1.807) is 0 Å². The van der Waals surface area contributed by atoms with E-state index in [9.17, 15) is 26.4 Å². The quantitative estimate of drug-likeness (QED) is 0.687. The molecule has 0 heterocycles. The van der Waals surface area contributed by atoms with E-state index < -0.39 is 37.9 Å². The number of carbonyl (C=O) groups excluding carboxylic acids is 1. The Bertz CT molecular complexity index is 966. The Morgan fingerprint density at radius 1 is 1.22 bits per heavy atom. The monoisotopic (exact) mass is 438 g/mol. The van der Waals surface area contributed by atoms with E-state index in [4.69, 9.17) is 16.7 Å². The minimum absolute atomic E-state index is 0.173. The fraction of sp³-hybridized carbons (Fsp3) is 0.188. The molecule has 0 bridgehead atoms. The molecule has 2 aromatic rings. The second-order valence-electron chi connectivity index (χ2n) is 5.46. The Morgan fingerprint density at radius 2 is 1.89 bits per heavy atom. The summed E-state index contributed by atoms with van der Waals surface area (Å²) in [7, 11) is -3.93. The number of benzene rings is 2. The maximum atomic E-state index is 12.9. The molecular weight excluding hydrogens is 425 g/mol. The van der Waals surface area contributed by atoms with Gasteiger partial charge in [0.1, 0.15) is 0 Å². The minimum Gasteiger partial charge on any atom is -0.325 e. The molecule has 0 fully saturated rings. The Hall–Kier alpha value is -1.75. The predicted molar refractivity (Wildman–Crippen MR) is 98.2 cm³/mol. The van der Waals surface area contributed by atoms with Crippen molar-refractivity contribution in [2.75, 3.05) is 5.32 Å². The Balaban J connectivity index is 2.13. The first kappa shape index (κ1) is 21.5. The first-order chi connectivity index (χ1) is 12.4. The van der Waals surface area contributed by atoms with Crippen molar-refractivity contribution in [3.63, 3.8) is 0 Å². The van der Waals surface area contributed by atoms with Gasteiger partial charge in [-0.05, 0) is 43.3 Å². The first-order valence-electron chi connectivity index (χ1n) is 7.35. The van der Waals surface area contributed by atoms with Crippen molar-refractivity contribution >= 4 is 45.0 Å². The highest BCUT2D eigenvalue weighted by atomic mass is 35.5. The van der Waals surface area contributed by atoms with Crippen molar-refractivity contribution in [1.29, 1.82) is 0 Å². The molecule has 3 N–H and O–H groups in total. The summed E-state index contributed by atoms with van der Waals surface area (Å²) in [5.74, 6) is -0.518. The zero-order valence-electron chi connectivity index (χ0n) is 13.7. The van der Waals surface area contributed by atoms with Gasteiger partial charge in [0.15, 0.2) is 0 Å². The molecule has 2 aromatic carbocycles. The average Bonchev–Trinajstić information content (AvgIpc) is 2.55. The van der Waals surface area contributed by atoms with Crippen molar-refractivity contribution in [3.05, 3.63) is 53.1 Å². The van der Waals surface area contributed by atoms with Crippen LogP contribution in [0.1, 0.15) is 12.5 Å². The minimum atomic E-state index is -4.60. The van der Waals surface area contributed by atoms with Crippen molar-refractivity contribution in [1.82, 2.24) is 0 Å². The topological polar surface area (TPSA) is 89.3 Å². The fourth-order valence-corrected chi connectivity index (χ4v) is 3.74. The number of thioether (sulfide) groups is 1. The lowest BCUT2D eigenvalue weighted by Gasteiger charge is -2.14. The van der Waals surface area contributed by atoms with Crippen LogP contribution in [-0.2, 0) is 21.0 Å². The van der Waals surface area contributed by atoms with Crippen LogP contribution in [0.5, 0.6) is 0 Å². The lowest BCUT2D eigenvalue weighted by atomic mass is 10.2. The van der Waals surface area contributed by atoms with Crippen LogP contribution in [-0.4, -0.2) is 19.6 Å². The molecule has 27 heavy (non-hydrogen) atoms. The first-order valence-corrected chi connectivity index (χ1v) is 10.2. The normalized spacial score (nSPS) is 13.3. The van der Waals surface area contributed by atoms with E-state index in [0.29, 0.717) is 0 Å². The van der Waals surface area contributed by atoms with Crippen LogP contribution in [0, 0.1) is 0 Å². The van der Waals surface area contributed by atoms with Gasteiger partial charge in [-0.1, -0.05) is 17.7 Å². The van der Waals surface area contributed by atoms with Crippen LogP contribution in [0.25, 0.3) is 0 Å². The maximum Gasteiger partial charge on any atom is 0.417 e. The van der Waals surface area contributed by atoms with Gasteiger partial charge >= 0.3 is 6.18 Å². The van der Waals surface area contributed by atoms with Gasteiger partial charge in [0, 0.05) is 10.6 Å². The molecule has 0 aromatic heterocycles. The number of nitrogens with one attached hydrogen (secondary N) is 1. The molecule has 0 saturated heterocycles. The smallest absolute Gasteiger partial charge is 0.325 e. The fourth-order valence-electron chi connectivity index (χ4n) is 2.05. The highest BCUT2D eigenvalue weighted by Gasteiger charge is 2.33. The van der Waals surface area contributed by atoms with Gasteiger partial charge in [-0.3, -0.25) is 4.79 Å². The molecule has 0 radical (unpaired) electrons. The number of nitrogens with two attached hydrogens (primary N) is 1. The van der Waals surface area contributed by atoms with Crippen molar-refractivity contribution in [2.45, 2.75) is 28.1 Å². The number of amides is 1. The van der Waals surface area contributed by atoms with Gasteiger partial charge in [-0.2, -0.15) is 13.2 Å². The number of sulfonamides is 1. The summed E-state index contributed by atoms with van der Waals surface area (Å²) in [5, 5.41) is 6.35. The number of hydrogen-bond acceptors (Lipinski definition) is 4. The van der Waals surface area contributed by atoms with E-state index in [1.165, 1.54) is 37.3 Å². The van der Waals surface area contributed by atoms with E-state index in [0.717, 1.165) is 23.9 Å². The number of halogens is 4. The average molecular weight is 439 g/mol. The summed E-state index contributed by atoms with van der Waals surface area (Å²) in [6.45, 7) is 1.51. The largest absolute Gasteiger partial charge is 0.417 e. The summed E-state index contributed by atoms with van der Waals surface area (Å²) in [5.41, 5.74) is -0.784. The van der Waals surface area contributed by atoms with Gasteiger partial charge in [0.25, 0.3) is 0 Å². The van der Waals surface area contributed by atoms with Crippen LogP contribution in [0.3, 0.4) is 0 Å². The summed E-state index contributed by atoms with van der Waals surface area (Å²) in [6, 6.07) is 8.71. The lowest BCUT2D eigenvalue weighted by Crippen LogP contribution is -2.22. The summed E-state index contributed by atoms with van der Waals surface area (Å²) in [4.78, 5) is 12.3. The zero-order chi connectivity index (χ0) is 20.4. The SMILES string of the molecule is CC(Sc1ccc(Cl)c(C(F)(F)F)c1)C(=O)Nc1cccc(S(N)(=O)=O)c1. The van der Waals surface area contributed by atoms with Gasteiger partial charge in [-0.25, -0.2) is 13.6 Å². The lowest BCUT2D eigenvalue weighted by molar-refractivity contribution is -0.137. The van der Waals surface area contributed by atoms with Crippen LogP contribution in [0.4, 0.5) is 18.9 Å². The molecule has 2 rings (SSSR count). The molecule has 5 nitrogen and oxygen atoms in total. The number of primary sulfonamides is 1. The van der Waals surface area contributed by atoms with Gasteiger partial charge in [-0.15, -0.1) is 11.8 Å². The number of alkyl halides is 3. The standard InChI is InChI=1S/C16H14ClF3N2O3S2/c1-9(26-11-5-6-14(17)13(8-11)16(18,19)20)15(23)22-10-3-2-4-12(7-10)27(21,24)25/h2-9H,1H3,(H,22,23)(H2,21,24,25). The number of anilines is 1. The second-order valence-corrected chi connectivity index (χ2v) is 8.84. The highest BCUT2D eigenvalue weighted by Crippen LogP contribution is 2.37. The zero-order valence-corrected chi connectivity index (χ0v) is 16.1. The van der Waals surface area contributed by atoms with Gasteiger partial charge in [0.05, 0.1) is 20.7 Å². The Morgan fingerprint density at radius 3 is 2.48 bits per heavy atom. The molecule has 1 unspecified atom stereocenters. The van der Waals surface area contributed by atoms with E-state index >= 15 is 0 Å². The third-order valence-electron chi connectivity index (χ3n) is 3.36. The molecule has 1 atom stereocenters. The van der Waals surface area contributed by atoms with E-state index in [1.807, 2.05) is 0 Å². The predicted octanol–water partition coefficient (Wildman–Crippen LogP) is 4.13. The number of carbonyl (C=O) groups is 1. The molecular formula is C16H14ClF3N2O3S2. The van der Waals surface area contributed by atoms with Crippen molar-refractivity contribution in [2.24, 2.45) is 5.14 Å². The molecule has 0 spiro atoms. The summed E-state index contributed by atoms with van der Waals surface area (Å²) < 4.78 is 61.4. The molecule has 11 heteroatoms. The second kappa shape index (κ2) is 8.09. The van der Waals surface area contributed by atoms with Crippen LogP contribution >= 0.6 is 23.4 Å². The van der Waals surface area contributed by atoms with Gasteiger partial charge in [0.2, 0.25) is 15.9 Å². The summed E-state index contributed by atoms with van der Waals surface area (Å²) >= 11 is 6.48. The molecule has 0 aliphatic carbocycles. The molecule has 1 amide bonds. The highest BCUT2D eigenvalue weighted by molar-refractivity contribution is 8.00. The maximum absolute atomic E-state index is 12.9.